The number of nitriles is 2. The van der Waals surface area contributed by atoms with Gasteiger partial charge in [0.25, 0.3) is 5.91 Å². The highest BCUT2D eigenvalue weighted by Crippen LogP contribution is 2.18. The smallest absolute Gasteiger partial charge is 0.344 e. The van der Waals surface area contributed by atoms with E-state index in [0.29, 0.717) is 0 Å². The normalized spacial score (nSPS) is 17.1. The third kappa shape index (κ3) is 1.80. The van der Waals surface area contributed by atoms with E-state index in [9.17, 15) is 9.59 Å². The molecule has 6 N–H and O–H groups in total. The zero-order valence-corrected chi connectivity index (χ0v) is 8.56. The molecule has 86 valence electrons. The molecule has 0 saturated carbocycles. The highest BCUT2D eigenvalue weighted by molar-refractivity contribution is 6.00. The molecule has 0 radical (unpaired) electrons. The molecule has 0 bridgehead atoms. The molecule has 8 heteroatoms. The fourth-order valence-corrected chi connectivity index (χ4v) is 0.877. The summed E-state index contributed by atoms with van der Waals surface area (Å²) in [5.41, 5.74) is 10.2. The van der Waals surface area contributed by atoms with Crippen LogP contribution in [0.1, 0.15) is 6.92 Å². The molecule has 0 aromatic rings. The average molecular weight is 225 g/mol. The summed E-state index contributed by atoms with van der Waals surface area (Å²) in [5, 5.41) is 17.5. The maximum atomic E-state index is 11.4. The first-order chi connectivity index (χ1) is 7.30. The molecule has 2 unspecified atom stereocenters. The number of esters is 1. The van der Waals surface area contributed by atoms with Gasteiger partial charge in [-0.3, -0.25) is 4.79 Å². The number of hydrogen-bond acceptors (Lipinski definition) is 7. The van der Waals surface area contributed by atoms with E-state index in [2.05, 4.69) is 4.74 Å². The van der Waals surface area contributed by atoms with Crippen LogP contribution in [0.5, 0.6) is 0 Å². The van der Waals surface area contributed by atoms with Crippen LogP contribution in [-0.2, 0) is 14.3 Å². The predicted octanol–water partition coefficient (Wildman–Crippen LogP) is -2.52. The number of hydrogen-bond donors (Lipinski definition) is 3. The van der Waals surface area contributed by atoms with E-state index in [1.54, 1.807) is 0 Å². The number of ether oxygens (including phenoxy) is 1. The second kappa shape index (κ2) is 4.57. The Morgan fingerprint density at radius 2 is 1.69 bits per heavy atom. The van der Waals surface area contributed by atoms with E-state index in [4.69, 9.17) is 27.7 Å². The van der Waals surface area contributed by atoms with Crippen molar-refractivity contribution < 1.29 is 14.3 Å². The summed E-state index contributed by atoms with van der Waals surface area (Å²) in [7, 11) is 0. The molecular formula is C8H11N5O3. The van der Waals surface area contributed by atoms with Gasteiger partial charge in [-0.15, -0.1) is 0 Å². The van der Waals surface area contributed by atoms with Crippen LogP contribution in [0.15, 0.2) is 0 Å². The largest absolute Gasteiger partial charge is 0.464 e. The average Bonchev–Trinajstić information content (AvgIpc) is 2.26. The van der Waals surface area contributed by atoms with Crippen LogP contribution in [0.3, 0.4) is 0 Å². The Balaban J connectivity index is 5.60. The van der Waals surface area contributed by atoms with Crippen LogP contribution >= 0.6 is 0 Å². The molecule has 1 amide bonds. The van der Waals surface area contributed by atoms with Gasteiger partial charge in [0, 0.05) is 0 Å². The molecule has 0 fully saturated rings. The monoisotopic (exact) mass is 225 g/mol. The summed E-state index contributed by atoms with van der Waals surface area (Å²) in [6.07, 6.45) is 0. The Morgan fingerprint density at radius 1 is 1.25 bits per heavy atom. The minimum atomic E-state index is -2.64. The second-order valence-electron chi connectivity index (χ2n) is 2.92. The molecule has 0 heterocycles. The quantitative estimate of drug-likeness (QED) is 0.443. The Morgan fingerprint density at radius 3 is 1.94 bits per heavy atom. The summed E-state index contributed by atoms with van der Waals surface area (Å²) in [6, 6.07) is 2.55. The van der Waals surface area contributed by atoms with Crippen molar-refractivity contribution in [3.63, 3.8) is 0 Å². The summed E-state index contributed by atoms with van der Waals surface area (Å²) >= 11 is 0. The molecular weight excluding hydrogens is 214 g/mol. The SMILES string of the molecule is CCOC(=O)C(N)(C#N)C(N)(C#N)C(N)=O. The van der Waals surface area contributed by atoms with Crippen molar-refractivity contribution in [2.45, 2.75) is 18.0 Å². The zero-order valence-electron chi connectivity index (χ0n) is 8.56. The van der Waals surface area contributed by atoms with Crippen molar-refractivity contribution in [1.82, 2.24) is 0 Å². The maximum Gasteiger partial charge on any atom is 0.344 e. The second-order valence-corrected chi connectivity index (χ2v) is 2.92. The lowest BCUT2D eigenvalue weighted by Gasteiger charge is -2.30. The van der Waals surface area contributed by atoms with Crippen molar-refractivity contribution in [3.8, 4) is 12.1 Å². The number of carbonyl (C=O) groups is 2. The van der Waals surface area contributed by atoms with E-state index in [-0.39, 0.29) is 6.61 Å². The van der Waals surface area contributed by atoms with Crippen molar-refractivity contribution in [2.75, 3.05) is 6.61 Å². The van der Waals surface area contributed by atoms with E-state index >= 15 is 0 Å². The molecule has 0 aliphatic heterocycles. The van der Waals surface area contributed by atoms with Gasteiger partial charge in [-0.05, 0) is 6.92 Å². The third-order valence-corrected chi connectivity index (χ3v) is 1.96. The van der Waals surface area contributed by atoms with Gasteiger partial charge in [0.1, 0.15) is 6.07 Å². The fourth-order valence-electron chi connectivity index (χ4n) is 0.877. The number of primary amides is 1. The van der Waals surface area contributed by atoms with Crippen molar-refractivity contribution in [1.29, 1.82) is 10.5 Å². The van der Waals surface area contributed by atoms with E-state index in [1.807, 2.05) is 0 Å². The first-order valence-electron chi connectivity index (χ1n) is 4.17. The Bertz CT molecular complexity index is 395. The number of carbonyl (C=O) groups excluding carboxylic acids is 2. The highest BCUT2D eigenvalue weighted by Gasteiger charge is 2.59. The Hall–Kier alpha value is -2.16. The summed E-state index contributed by atoms with van der Waals surface area (Å²) in [5.74, 6) is -2.66. The molecule has 16 heavy (non-hydrogen) atoms. The van der Waals surface area contributed by atoms with Crippen molar-refractivity contribution in [2.24, 2.45) is 17.2 Å². The van der Waals surface area contributed by atoms with Crippen molar-refractivity contribution >= 4 is 11.9 Å². The lowest BCUT2D eigenvalue weighted by molar-refractivity contribution is -0.151. The molecule has 0 aliphatic rings. The molecule has 8 nitrogen and oxygen atoms in total. The van der Waals surface area contributed by atoms with Crippen LogP contribution in [0.25, 0.3) is 0 Å². The topological polar surface area (TPSA) is 169 Å². The van der Waals surface area contributed by atoms with E-state index in [0.717, 1.165) is 0 Å². The lowest BCUT2D eigenvalue weighted by Crippen LogP contribution is -2.74. The van der Waals surface area contributed by atoms with Gasteiger partial charge in [-0.2, -0.15) is 10.5 Å². The minimum absolute atomic E-state index is 0.0836. The maximum absolute atomic E-state index is 11.4. The summed E-state index contributed by atoms with van der Waals surface area (Å²) in [4.78, 5) is 22.4. The first-order valence-corrected chi connectivity index (χ1v) is 4.17. The van der Waals surface area contributed by atoms with E-state index in [1.165, 1.54) is 19.1 Å². The van der Waals surface area contributed by atoms with Gasteiger partial charge in [0.05, 0.1) is 12.7 Å². The molecule has 0 aromatic carbocycles. The molecule has 2 atom stereocenters. The molecule has 0 rings (SSSR count). The van der Waals surface area contributed by atoms with E-state index < -0.39 is 23.0 Å². The van der Waals surface area contributed by atoms with Gasteiger partial charge in [-0.25, -0.2) is 4.79 Å². The van der Waals surface area contributed by atoms with Crippen molar-refractivity contribution in [3.05, 3.63) is 0 Å². The molecule has 0 spiro atoms. The zero-order chi connectivity index (χ0) is 13.0. The van der Waals surface area contributed by atoms with Gasteiger partial charge in [-0.1, -0.05) is 0 Å². The highest BCUT2D eigenvalue weighted by atomic mass is 16.5. The van der Waals surface area contributed by atoms with Gasteiger partial charge in [0.2, 0.25) is 11.1 Å². The summed E-state index contributed by atoms with van der Waals surface area (Å²) in [6.45, 7) is 1.38. The summed E-state index contributed by atoms with van der Waals surface area (Å²) < 4.78 is 4.47. The molecule has 0 saturated heterocycles. The van der Waals surface area contributed by atoms with Crippen LogP contribution in [0, 0.1) is 22.7 Å². The Labute approximate surface area is 91.5 Å². The predicted molar refractivity (Wildman–Crippen MR) is 50.9 cm³/mol. The lowest BCUT2D eigenvalue weighted by atomic mass is 9.79. The Kier molecular flexibility index (Phi) is 3.96. The van der Waals surface area contributed by atoms with Crippen LogP contribution in [0.2, 0.25) is 0 Å². The molecule has 0 aromatic heterocycles. The standard InChI is InChI=1S/C8H11N5O3/c1-2-16-6(15)8(13,4-10)7(12,3-9)5(11)14/h2,12-13H2,1H3,(H2,11,14). The van der Waals surface area contributed by atoms with Gasteiger partial charge >= 0.3 is 5.97 Å². The number of rotatable bonds is 4. The van der Waals surface area contributed by atoms with Crippen LogP contribution in [0.4, 0.5) is 0 Å². The number of amides is 1. The minimum Gasteiger partial charge on any atom is -0.464 e. The molecule has 0 aliphatic carbocycles. The fraction of sp³-hybridized carbons (Fsp3) is 0.500. The first kappa shape index (κ1) is 13.8. The van der Waals surface area contributed by atoms with Crippen LogP contribution in [-0.4, -0.2) is 29.6 Å². The van der Waals surface area contributed by atoms with Crippen LogP contribution < -0.4 is 17.2 Å². The van der Waals surface area contributed by atoms with Gasteiger partial charge < -0.3 is 21.9 Å². The number of nitrogens with two attached hydrogens (primary N) is 3. The third-order valence-electron chi connectivity index (χ3n) is 1.96. The van der Waals surface area contributed by atoms with Gasteiger partial charge in [0.15, 0.2) is 0 Å². The number of nitrogens with zero attached hydrogens (tertiary/aromatic N) is 2.